The lowest BCUT2D eigenvalue weighted by Crippen LogP contribution is -2.43. The van der Waals surface area contributed by atoms with Crippen molar-refractivity contribution in [3.8, 4) is 0 Å². The van der Waals surface area contributed by atoms with Gasteiger partial charge in [-0.05, 0) is 25.3 Å². The number of rotatable bonds is 12. The van der Waals surface area contributed by atoms with Gasteiger partial charge in [0, 0.05) is 32.6 Å². The van der Waals surface area contributed by atoms with Crippen molar-refractivity contribution in [3.05, 3.63) is 12.2 Å². The molecule has 2 aliphatic heterocycles. The van der Waals surface area contributed by atoms with Gasteiger partial charge in [0.25, 0.3) is 0 Å². The highest BCUT2D eigenvalue weighted by Gasteiger charge is 2.20. The predicted molar refractivity (Wildman–Crippen MR) is 101 cm³/mol. The largest absolute Gasteiger partial charge is 0.368 e. The van der Waals surface area contributed by atoms with E-state index in [0.29, 0.717) is 32.7 Å². The molecule has 2 saturated heterocycles. The average molecular weight is 367 g/mol. The molecule has 0 spiro atoms. The lowest BCUT2D eigenvalue weighted by molar-refractivity contribution is -0.132. The number of hydrogen-bond acceptors (Lipinski definition) is 6. The summed E-state index contributed by atoms with van der Waals surface area (Å²) >= 11 is 0. The van der Waals surface area contributed by atoms with E-state index < -0.39 is 0 Å². The van der Waals surface area contributed by atoms with Crippen LogP contribution in [0.4, 0.5) is 0 Å². The van der Waals surface area contributed by atoms with Crippen LogP contribution >= 0.6 is 0 Å². The molecule has 0 saturated carbocycles. The number of ether oxygens (including phenoxy) is 2. The van der Waals surface area contributed by atoms with Gasteiger partial charge in [-0.15, -0.1) is 0 Å². The highest BCUT2D eigenvalue weighted by molar-refractivity contribution is 5.93. The predicted octanol–water partition coefficient (Wildman–Crippen LogP) is 1.78. The molecule has 2 rings (SSSR count). The molecule has 26 heavy (non-hydrogen) atoms. The summed E-state index contributed by atoms with van der Waals surface area (Å²) in [6, 6.07) is 0. The number of carbonyl (C=O) groups excluding carboxylic acids is 2. The fraction of sp³-hybridized carbons (Fsp3) is 0.800. The minimum atomic E-state index is -0.308. The molecule has 0 radical (unpaired) electrons. The number of morpholine rings is 2. The van der Waals surface area contributed by atoms with E-state index in [1.54, 1.807) is 6.08 Å². The Labute approximate surface area is 157 Å². The highest BCUT2D eigenvalue weighted by atomic mass is 16.5. The second-order valence-corrected chi connectivity index (χ2v) is 7.06. The summed E-state index contributed by atoms with van der Waals surface area (Å²) in [5.41, 5.74) is 0. The molecular weight excluding hydrogens is 332 g/mol. The van der Waals surface area contributed by atoms with Gasteiger partial charge in [0.15, 0.2) is 11.6 Å². The zero-order valence-electron chi connectivity index (χ0n) is 15.8. The molecule has 2 heterocycles. The third kappa shape index (κ3) is 8.54. The van der Waals surface area contributed by atoms with E-state index >= 15 is 0 Å². The minimum Gasteiger partial charge on any atom is -0.368 e. The van der Waals surface area contributed by atoms with E-state index in [0.717, 1.165) is 38.8 Å². The quantitative estimate of drug-likeness (QED) is 0.405. The van der Waals surface area contributed by atoms with E-state index in [-0.39, 0.29) is 23.8 Å². The first-order valence-electron chi connectivity index (χ1n) is 10.1. The lowest BCUT2D eigenvalue weighted by Gasteiger charge is -2.22. The van der Waals surface area contributed by atoms with Gasteiger partial charge in [-0.1, -0.05) is 31.8 Å². The summed E-state index contributed by atoms with van der Waals surface area (Å²) in [4.78, 5) is 23.8. The van der Waals surface area contributed by atoms with Crippen molar-refractivity contribution in [2.24, 2.45) is 0 Å². The number of nitrogens with one attached hydrogen (secondary N) is 2. The molecule has 2 N–H and O–H groups in total. The third-order valence-corrected chi connectivity index (χ3v) is 4.86. The normalized spacial score (nSPS) is 24.0. The van der Waals surface area contributed by atoms with Crippen molar-refractivity contribution < 1.29 is 19.1 Å². The van der Waals surface area contributed by atoms with Crippen LogP contribution in [0.1, 0.15) is 51.4 Å². The summed E-state index contributed by atoms with van der Waals surface area (Å²) in [7, 11) is 0. The van der Waals surface area contributed by atoms with Gasteiger partial charge in [-0.2, -0.15) is 0 Å². The van der Waals surface area contributed by atoms with Crippen molar-refractivity contribution >= 4 is 11.6 Å². The molecular formula is C20H34N2O4. The second kappa shape index (κ2) is 13.1. The zero-order valence-corrected chi connectivity index (χ0v) is 15.8. The number of carbonyl (C=O) groups is 2. The molecule has 0 bridgehead atoms. The van der Waals surface area contributed by atoms with E-state index in [4.69, 9.17) is 9.47 Å². The molecule has 0 aromatic heterocycles. The van der Waals surface area contributed by atoms with Gasteiger partial charge in [-0.3, -0.25) is 9.59 Å². The monoisotopic (exact) mass is 366 g/mol. The number of unbranched alkanes of at least 4 members (excludes halogenated alkanes) is 6. The van der Waals surface area contributed by atoms with Crippen LogP contribution in [-0.2, 0) is 19.1 Å². The summed E-state index contributed by atoms with van der Waals surface area (Å²) in [5.74, 6) is 0.308. The van der Waals surface area contributed by atoms with E-state index in [1.165, 1.54) is 19.3 Å². The Morgan fingerprint density at radius 1 is 0.846 bits per heavy atom. The first kappa shape index (κ1) is 21.2. The first-order valence-corrected chi connectivity index (χ1v) is 10.1. The van der Waals surface area contributed by atoms with Crippen LogP contribution in [-0.4, -0.2) is 63.2 Å². The summed E-state index contributed by atoms with van der Waals surface area (Å²) in [5, 5.41) is 6.36. The average Bonchev–Trinajstić information content (AvgIpc) is 2.70. The Morgan fingerprint density at radius 2 is 1.46 bits per heavy atom. The number of Topliss-reactive ketones (excluding diaryl/α,β-unsaturated/α-hetero) is 1. The highest BCUT2D eigenvalue weighted by Crippen LogP contribution is 2.11. The van der Waals surface area contributed by atoms with Crippen LogP contribution in [0.15, 0.2) is 12.2 Å². The van der Waals surface area contributed by atoms with Crippen LogP contribution in [0, 0.1) is 0 Å². The molecule has 2 fully saturated rings. The van der Waals surface area contributed by atoms with E-state index in [1.807, 2.05) is 6.08 Å². The standard InChI is InChI=1S/C20H34N2O4/c23-17(19-15-21-11-13-25-19)9-7-5-3-1-2-4-6-8-10-18(24)20-16-22-12-14-26-20/h7,9,19-22H,1-6,8,10-16H2. The Kier molecular flexibility index (Phi) is 10.7. The molecule has 0 aromatic carbocycles. The minimum absolute atomic E-state index is 0.0685. The van der Waals surface area contributed by atoms with Gasteiger partial charge in [0.2, 0.25) is 0 Å². The number of hydrogen-bond donors (Lipinski definition) is 2. The molecule has 148 valence electrons. The van der Waals surface area contributed by atoms with E-state index in [9.17, 15) is 9.59 Å². The van der Waals surface area contributed by atoms with Gasteiger partial charge in [0.1, 0.15) is 12.2 Å². The Hall–Kier alpha value is -1.08. The van der Waals surface area contributed by atoms with Crippen LogP contribution in [0.3, 0.4) is 0 Å². The summed E-state index contributed by atoms with van der Waals surface area (Å²) in [6.07, 6.45) is 11.4. The molecule has 2 unspecified atom stereocenters. The SMILES string of the molecule is O=C(C=CCCCCCCCCC(=O)C1CNCCO1)C1CNCCO1. The molecule has 2 aliphatic rings. The van der Waals surface area contributed by atoms with Crippen LogP contribution < -0.4 is 10.6 Å². The van der Waals surface area contributed by atoms with Crippen LogP contribution in [0.25, 0.3) is 0 Å². The first-order chi connectivity index (χ1) is 12.8. The maximum atomic E-state index is 12.0. The van der Waals surface area contributed by atoms with Crippen molar-refractivity contribution in [1.82, 2.24) is 10.6 Å². The van der Waals surface area contributed by atoms with Crippen molar-refractivity contribution in [2.75, 3.05) is 39.4 Å². The van der Waals surface area contributed by atoms with Crippen molar-refractivity contribution in [1.29, 1.82) is 0 Å². The van der Waals surface area contributed by atoms with Crippen molar-refractivity contribution in [2.45, 2.75) is 63.6 Å². The van der Waals surface area contributed by atoms with Gasteiger partial charge in [0.05, 0.1) is 13.2 Å². The Balaban J connectivity index is 1.39. The lowest BCUT2D eigenvalue weighted by atomic mass is 10.0. The van der Waals surface area contributed by atoms with Crippen LogP contribution in [0.2, 0.25) is 0 Å². The number of allylic oxidation sites excluding steroid dienone is 1. The fourth-order valence-electron chi connectivity index (χ4n) is 3.26. The molecule has 0 amide bonds. The molecule has 6 heteroatoms. The van der Waals surface area contributed by atoms with Crippen LogP contribution in [0.5, 0.6) is 0 Å². The zero-order chi connectivity index (χ0) is 18.5. The molecule has 2 atom stereocenters. The van der Waals surface area contributed by atoms with Crippen molar-refractivity contribution in [3.63, 3.8) is 0 Å². The Bertz CT molecular complexity index is 441. The smallest absolute Gasteiger partial charge is 0.185 e. The van der Waals surface area contributed by atoms with Gasteiger partial charge >= 0.3 is 0 Å². The summed E-state index contributed by atoms with van der Waals surface area (Å²) < 4.78 is 10.9. The summed E-state index contributed by atoms with van der Waals surface area (Å²) in [6.45, 7) is 4.21. The topological polar surface area (TPSA) is 76.7 Å². The van der Waals surface area contributed by atoms with Gasteiger partial charge < -0.3 is 20.1 Å². The van der Waals surface area contributed by atoms with Gasteiger partial charge in [-0.25, -0.2) is 0 Å². The molecule has 0 aliphatic carbocycles. The Morgan fingerprint density at radius 3 is 2.12 bits per heavy atom. The molecule has 0 aromatic rings. The molecule has 6 nitrogen and oxygen atoms in total. The fourth-order valence-corrected chi connectivity index (χ4v) is 3.26. The second-order valence-electron chi connectivity index (χ2n) is 7.06. The third-order valence-electron chi connectivity index (χ3n) is 4.86. The maximum absolute atomic E-state index is 12.0. The number of ketones is 2. The van der Waals surface area contributed by atoms with E-state index in [2.05, 4.69) is 10.6 Å². The maximum Gasteiger partial charge on any atom is 0.185 e.